The van der Waals surface area contributed by atoms with Gasteiger partial charge < -0.3 is 5.32 Å². The molecule has 3 nitrogen and oxygen atoms in total. The Morgan fingerprint density at radius 2 is 2.11 bits per heavy atom. The zero-order valence-electron chi connectivity index (χ0n) is 9.26. The maximum atomic E-state index is 11.9. The molecule has 0 aliphatic carbocycles. The van der Waals surface area contributed by atoms with E-state index in [9.17, 15) is 4.79 Å². The largest absolute Gasteiger partial charge is 0.332 e. The second-order valence-corrected chi connectivity index (χ2v) is 4.89. The highest BCUT2D eigenvalue weighted by Gasteiger charge is 2.17. The number of thiophene rings is 1. The molecule has 2 aromatic rings. The molecule has 0 fully saturated rings. The lowest BCUT2D eigenvalue weighted by molar-refractivity contribution is 0.0949. The molecule has 0 spiro atoms. The molecule has 90 valence electrons. The molecular weight excluding hydrogens is 268 g/mol. The number of rotatable bonds is 3. The molecule has 1 aromatic carbocycles. The van der Waals surface area contributed by atoms with Crippen molar-refractivity contribution in [1.82, 2.24) is 5.32 Å². The predicted octanol–water partition coefficient (Wildman–Crippen LogP) is 3.40. The number of hydrogen-bond donors (Lipinski definition) is 1. The zero-order chi connectivity index (χ0) is 13.0. The average molecular weight is 277 g/mol. The standard InChI is InChI=1S/C13H9ClN2OS/c14-10-5-2-1-4-9(10)11(8-15)16-13(17)12-6-3-7-18-12/h1-7,11H,(H,16,17). The minimum absolute atomic E-state index is 0.267. The number of nitrogens with one attached hydrogen (secondary N) is 1. The van der Waals surface area contributed by atoms with Crippen LogP contribution in [0.3, 0.4) is 0 Å². The summed E-state index contributed by atoms with van der Waals surface area (Å²) in [6.07, 6.45) is 0. The molecule has 0 saturated heterocycles. The van der Waals surface area contributed by atoms with Crippen LogP contribution in [0.15, 0.2) is 41.8 Å². The van der Waals surface area contributed by atoms with E-state index in [-0.39, 0.29) is 5.91 Å². The van der Waals surface area contributed by atoms with Gasteiger partial charge in [-0.2, -0.15) is 5.26 Å². The Labute approximate surface area is 114 Å². The summed E-state index contributed by atoms with van der Waals surface area (Å²) in [5.41, 5.74) is 0.603. The Morgan fingerprint density at radius 1 is 1.33 bits per heavy atom. The molecule has 1 heterocycles. The van der Waals surface area contributed by atoms with Crippen molar-refractivity contribution < 1.29 is 4.79 Å². The first-order chi connectivity index (χ1) is 8.72. The molecule has 1 amide bonds. The molecule has 1 unspecified atom stereocenters. The molecule has 1 aromatic heterocycles. The van der Waals surface area contributed by atoms with Crippen molar-refractivity contribution in [3.63, 3.8) is 0 Å². The Hall–Kier alpha value is -1.83. The van der Waals surface area contributed by atoms with Gasteiger partial charge in [-0.25, -0.2) is 0 Å². The van der Waals surface area contributed by atoms with Gasteiger partial charge in [-0.1, -0.05) is 35.9 Å². The minimum Gasteiger partial charge on any atom is -0.332 e. The smallest absolute Gasteiger partial charge is 0.262 e. The van der Waals surface area contributed by atoms with Crippen LogP contribution in [-0.4, -0.2) is 5.91 Å². The Kier molecular flexibility index (Phi) is 3.98. The van der Waals surface area contributed by atoms with Crippen LogP contribution in [0.2, 0.25) is 5.02 Å². The fourth-order valence-corrected chi connectivity index (χ4v) is 2.37. The van der Waals surface area contributed by atoms with Crippen molar-refractivity contribution in [2.75, 3.05) is 0 Å². The van der Waals surface area contributed by atoms with Crippen LogP contribution in [-0.2, 0) is 0 Å². The summed E-state index contributed by atoms with van der Waals surface area (Å²) in [4.78, 5) is 12.4. The lowest BCUT2D eigenvalue weighted by atomic mass is 10.1. The van der Waals surface area contributed by atoms with Crippen LogP contribution in [0.4, 0.5) is 0 Å². The molecule has 1 atom stereocenters. The lowest BCUT2D eigenvalue weighted by Gasteiger charge is -2.12. The first-order valence-corrected chi connectivity index (χ1v) is 6.46. The molecule has 0 aliphatic rings. The fourth-order valence-electron chi connectivity index (χ4n) is 1.50. The van der Waals surface area contributed by atoms with E-state index in [0.717, 1.165) is 0 Å². The Morgan fingerprint density at radius 3 is 2.72 bits per heavy atom. The SMILES string of the molecule is N#CC(NC(=O)c1cccs1)c1ccccc1Cl. The maximum absolute atomic E-state index is 11.9. The number of benzene rings is 1. The van der Waals surface area contributed by atoms with Gasteiger partial charge in [0.15, 0.2) is 0 Å². The highest BCUT2D eigenvalue weighted by Crippen LogP contribution is 2.22. The first-order valence-electron chi connectivity index (χ1n) is 5.21. The number of amides is 1. The van der Waals surface area contributed by atoms with Gasteiger partial charge in [-0.15, -0.1) is 11.3 Å². The number of carbonyl (C=O) groups excluding carboxylic acids is 1. The van der Waals surface area contributed by atoms with Crippen LogP contribution in [0.5, 0.6) is 0 Å². The number of carbonyl (C=O) groups is 1. The number of nitriles is 1. The normalized spacial score (nSPS) is 11.6. The molecule has 1 N–H and O–H groups in total. The van der Waals surface area contributed by atoms with Gasteiger partial charge in [0.05, 0.1) is 10.9 Å². The second-order valence-electron chi connectivity index (χ2n) is 3.53. The van der Waals surface area contributed by atoms with Crippen molar-refractivity contribution in [2.45, 2.75) is 6.04 Å². The predicted molar refractivity (Wildman–Crippen MR) is 71.6 cm³/mol. The van der Waals surface area contributed by atoms with Crippen molar-refractivity contribution in [3.8, 4) is 6.07 Å². The summed E-state index contributed by atoms with van der Waals surface area (Å²) in [6.45, 7) is 0. The number of nitrogens with zero attached hydrogens (tertiary/aromatic N) is 1. The topological polar surface area (TPSA) is 52.9 Å². The highest BCUT2D eigenvalue weighted by atomic mass is 35.5. The first kappa shape index (κ1) is 12.6. The van der Waals surface area contributed by atoms with Gasteiger partial charge >= 0.3 is 0 Å². The summed E-state index contributed by atoms with van der Waals surface area (Å²) in [5.74, 6) is -0.267. The Balaban J connectivity index is 2.19. The fraction of sp³-hybridized carbons (Fsp3) is 0.0769. The summed E-state index contributed by atoms with van der Waals surface area (Å²) in [7, 11) is 0. The Bertz CT molecular complexity index is 589. The van der Waals surface area contributed by atoms with Gasteiger partial charge in [0.25, 0.3) is 5.91 Å². The van der Waals surface area contributed by atoms with Crippen LogP contribution in [0.25, 0.3) is 0 Å². The minimum atomic E-state index is -0.742. The van der Waals surface area contributed by atoms with Crippen LogP contribution in [0.1, 0.15) is 21.3 Å². The summed E-state index contributed by atoms with van der Waals surface area (Å²) in [6, 6.07) is 11.8. The van der Waals surface area contributed by atoms with Gasteiger partial charge in [0, 0.05) is 10.6 Å². The maximum Gasteiger partial charge on any atom is 0.262 e. The van der Waals surface area contributed by atoms with E-state index >= 15 is 0 Å². The molecule has 5 heteroatoms. The monoisotopic (exact) mass is 276 g/mol. The quantitative estimate of drug-likeness (QED) is 0.934. The van der Waals surface area contributed by atoms with E-state index in [1.165, 1.54) is 11.3 Å². The molecule has 0 aliphatic heterocycles. The lowest BCUT2D eigenvalue weighted by Crippen LogP contribution is -2.27. The summed E-state index contributed by atoms with van der Waals surface area (Å²) >= 11 is 7.33. The van der Waals surface area contributed by atoms with Crippen molar-refractivity contribution in [1.29, 1.82) is 5.26 Å². The second kappa shape index (κ2) is 5.67. The molecule has 0 bridgehead atoms. The third kappa shape index (κ3) is 2.70. The van der Waals surface area contributed by atoms with Crippen LogP contribution < -0.4 is 5.32 Å². The van der Waals surface area contributed by atoms with Gasteiger partial charge in [-0.05, 0) is 17.5 Å². The molecule has 0 saturated carbocycles. The molecule has 18 heavy (non-hydrogen) atoms. The van der Waals surface area contributed by atoms with Gasteiger partial charge in [0.2, 0.25) is 0 Å². The van der Waals surface area contributed by atoms with E-state index in [2.05, 4.69) is 5.32 Å². The van der Waals surface area contributed by atoms with Crippen molar-refractivity contribution >= 4 is 28.8 Å². The number of halogens is 1. The van der Waals surface area contributed by atoms with E-state index < -0.39 is 6.04 Å². The third-order valence-electron chi connectivity index (χ3n) is 2.37. The van der Waals surface area contributed by atoms with E-state index in [1.807, 2.05) is 11.4 Å². The summed E-state index contributed by atoms with van der Waals surface area (Å²) in [5, 5.41) is 14.1. The van der Waals surface area contributed by atoms with Crippen LogP contribution in [0, 0.1) is 11.3 Å². The van der Waals surface area contributed by atoms with Gasteiger partial charge in [0.1, 0.15) is 6.04 Å². The highest BCUT2D eigenvalue weighted by molar-refractivity contribution is 7.12. The average Bonchev–Trinajstić information content (AvgIpc) is 2.90. The van der Waals surface area contributed by atoms with E-state index in [0.29, 0.717) is 15.5 Å². The molecule has 0 radical (unpaired) electrons. The zero-order valence-corrected chi connectivity index (χ0v) is 10.8. The van der Waals surface area contributed by atoms with Gasteiger partial charge in [-0.3, -0.25) is 4.79 Å². The van der Waals surface area contributed by atoms with Crippen molar-refractivity contribution in [3.05, 3.63) is 57.2 Å². The molecular formula is C13H9ClN2OS. The third-order valence-corrected chi connectivity index (χ3v) is 3.58. The van der Waals surface area contributed by atoms with Crippen molar-refractivity contribution in [2.24, 2.45) is 0 Å². The van der Waals surface area contributed by atoms with E-state index in [4.69, 9.17) is 16.9 Å². The van der Waals surface area contributed by atoms with Crippen LogP contribution >= 0.6 is 22.9 Å². The molecule has 2 rings (SSSR count). The number of hydrogen-bond acceptors (Lipinski definition) is 3. The summed E-state index contributed by atoms with van der Waals surface area (Å²) < 4.78 is 0. The van der Waals surface area contributed by atoms with E-state index in [1.54, 1.807) is 36.4 Å².